The number of para-hydroxylation sites is 1. The van der Waals surface area contributed by atoms with Crippen molar-refractivity contribution in [2.45, 2.75) is 18.2 Å². The number of hydrogen-bond donors (Lipinski definition) is 2. The molecule has 0 fully saturated rings. The summed E-state index contributed by atoms with van der Waals surface area (Å²) in [6.45, 7) is 3.79. The third kappa shape index (κ3) is 4.90. The van der Waals surface area contributed by atoms with Gasteiger partial charge in [-0.15, -0.1) is 0 Å². The molecule has 1 heterocycles. The van der Waals surface area contributed by atoms with Gasteiger partial charge in [0.05, 0.1) is 16.4 Å². The molecular weight excluding hydrogens is 394 g/mol. The maximum absolute atomic E-state index is 12.4. The lowest BCUT2D eigenvalue weighted by atomic mass is 10.2. The van der Waals surface area contributed by atoms with Gasteiger partial charge in [-0.3, -0.25) is 15.1 Å². The predicted molar refractivity (Wildman–Crippen MR) is 112 cm³/mol. The Morgan fingerprint density at radius 2 is 2.03 bits per heavy atom. The maximum atomic E-state index is 12.4. The molecule has 154 valence electrons. The molecule has 9 nitrogen and oxygen atoms in total. The summed E-state index contributed by atoms with van der Waals surface area (Å²) in [4.78, 5) is 16.7. The molecule has 0 atom stereocenters. The highest BCUT2D eigenvalue weighted by atomic mass is 32.2. The third-order valence-electron chi connectivity index (χ3n) is 4.48. The number of nitrogens with one attached hydrogen (secondary N) is 2. The Balaban J connectivity index is 1.66. The molecule has 2 aromatic rings. The zero-order chi connectivity index (χ0) is 20.9. The van der Waals surface area contributed by atoms with Crippen LogP contribution < -0.4 is 14.9 Å². The van der Waals surface area contributed by atoms with Gasteiger partial charge < -0.3 is 10.2 Å². The number of non-ortho nitro benzene ring substituents is 1. The van der Waals surface area contributed by atoms with E-state index < -0.39 is 14.9 Å². The topological polar surface area (TPSA) is 117 Å². The molecule has 0 amide bonds. The van der Waals surface area contributed by atoms with Crippen LogP contribution in [-0.4, -0.2) is 45.5 Å². The number of nitro benzene ring substituents is 1. The third-order valence-corrected chi connectivity index (χ3v) is 5.94. The second-order valence-corrected chi connectivity index (χ2v) is 8.19. The highest BCUT2D eigenvalue weighted by Gasteiger charge is 2.22. The minimum Gasteiger partial charge on any atom is -0.356 e. The van der Waals surface area contributed by atoms with E-state index in [1.165, 1.54) is 23.8 Å². The second-order valence-electron chi connectivity index (χ2n) is 6.42. The van der Waals surface area contributed by atoms with Gasteiger partial charge in [0.15, 0.2) is 5.96 Å². The molecule has 0 saturated carbocycles. The van der Waals surface area contributed by atoms with E-state index in [1.54, 1.807) is 0 Å². The first-order valence-corrected chi connectivity index (χ1v) is 10.8. The standard InChI is InChI=1S/C19H23N5O4S/c1-2-20-19(23-13-10-15-6-3-4-9-18(15)23)21-11-12-22-29(27,28)17-8-5-7-16(14-17)24(25)26/h3-9,14,22H,2,10-13H2,1H3,(H,20,21). The molecule has 1 aliphatic heterocycles. The summed E-state index contributed by atoms with van der Waals surface area (Å²) in [5.41, 5.74) is 2.09. The summed E-state index contributed by atoms with van der Waals surface area (Å²) < 4.78 is 27.2. The van der Waals surface area contributed by atoms with Crippen molar-refractivity contribution in [1.29, 1.82) is 0 Å². The Hall–Kier alpha value is -2.98. The minimum absolute atomic E-state index is 0.0788. The van der Waals surface area contributed by atoms with Gasteiger partial charge in [-0.2, -0.15) is 0 Å². The number of fused-ring (bicyclic) bond motifs is 1. The lowest BCUT2D eigenvalue weighted by Gasteiger charge is -2.22. The van der Waals surface area contributed by atoms with Crippen molar-refractivity contribution in [3.8, 4) is 0 Å². The van der Waals surface area contributed by atoms with Gasteiger partial charge in [-0.25, -0.2) is 13.1 Å². The summed E-state index contributed by atoms with van der Waals surface area (Å²) in [5.74, 6) is 0.701. The summed E-state index contributed by atoms with van der Waals surface area (Å²) in [5, 5.41) is 14.1. The number of guanidine groups is 1. The van der Waals surface area contributed by atoms with Crippen molar-refractivity contribution in [2.75, 3.05) is 31.1 Å². The number of rotatable bonds is 7. The summed E-state index contributed by atoms with van der Waals surface area (Å²) in [6, 6.07) is 13.1. The summed E-state index contributed by atoms with van der Waals surface area (Å²) >= 11 is 0. The van der Waals surface area contributed by atoms with E-state index in [9.17, 15) is 18.5 Å². The molecular formula is C19H23N5O4S. The largest absolute Gasteiger partial charge is 0.356 e. The highest BCUT2D eigenvalue weighted by molar-refractivity contribution is 7.89. The highest BCUT2D eigenvalue weighted by Crippen LogP contribution is 2.27. The Morgan fingerprint density at radius 3 is 2.79 bits per heavy atom. The Morgan fingerprint density at radius 1 is 1.24 bits per heavy atom. The van der Waals surface area contributed by atoms with Crippen molar-refractivity contribution in [1.82, 2.24) is 10.0 Å². The van der Waals surface area contributed by atoms with Gasteiger partial charge >= 0.3 is 0 Å². The first-order chi connectivity index (χ1) is 13.9. The Kier molecular flexibility index (Phi) is 6.45. The first-order valence-electron chi connectivity index (χ1n) is 9.30. The van der Waals surface area contributed by atoms with Crippen LogP contribution in [-0.2, 0) is 16.4 Å². The van der Waals surface area contributed by atoms with Crippen molar-refractivity contribution in [3.63, 3.8) is 0 Å². The fraction of sp³-hybridized carbons (Fsp3) is 0.316. The minimum atomic E-state index is -3.85. The molecule has 3 rings (SSSR count). The number of aliphatic imine (C=N–C) groups is 1. The quantitative estimate of drug-likeness (QED) is 0.234. The monoisotopic (exact) mass is 417 g/mol. The molecule has 0 saturated heterocycles. The number of benzene rings is 2. The molecule has 1 aliphatic rings. The van der Waals surface area contributed by atoms with Crippen LogP contribution in [0.1, 0.15) is 12.5 Å². The van der Waals surface area contributed by atoms with E-state index in [4.69, 9.17) is 0 Å². The number of anilines is 1. The molecule has 0 aromatic heterocycles. The summed E-state index contributed by atoms with van der Waals surface area (Å²) in [7, 11) is -3.85. The van der Waals surface area contributed by atoms with Gasteiger partial charge in [-0.05, 0) is 31.0 Å². The van der Waals surface area contributed by atoms with Crippen LogP contribution in [0.25, 0.3) is 0 Å². The van der Waals surface area contributed by atoms with Crippen LogP contribution in [0.3, 0.4) is 0 Å². The van der Waals surface area contributed by atoms with E-state index in [-0.39, 0.29) is 23.7 Å². The zero-order valence-electron chi connectivity index (χ0n) is 16.0. The van der Waals surface area contributed by atoms with Gasteiger partial charge in [0.1, 0.15) is 0 Å². The number of nitro groups is 1. The molecule has 29 heavy (non-hydrogen) atoms. The van der Waals surface area contributed by atoms with Crippen LogP contribution >= 0.6 is 0 Å². The van der Waals surface area contributed by atoms with E-state index in [0.29, 0.717) is 12.5 Å². The molecule has 0 spiro atoms. The van der Waals surface area contributed by atoms with Gasteiger partial charge in [-0.1, -0.05) is 24.3 Å². The molecule has 2 aromatic carbocycles. The normalized spacial score (nSPS) is 14.0. The molecule has 0 radical (unpaired) electrons. The Bertz CT molecular complexity index is 1020. The van der Waals surface area contributed by atoms with Crippen LogP contribution in [0, 0.1) is 10.1 Å². The van der Waals surface area contributed by atoms with E-state index >= 15 is 0 Å². The molecule has 0 bridgehead atoms. The number of nitrogens with zero attached hydrogens (tertiary/aromatic N) is 3. The number of sulfonamides is 1. The van der Waals surface area contributed by atoms with Crippen LogP contribution in [0.4, 0.5) is 11.4 Å². The van der Waals surface area contributed by atoms with Crippen LogP contribution in [0.2, 0.25) is 0 Å². The lowest BCUT2D eigenvalue weighted by Crippen LogP contribution is -2.41. The van der Waals surface area contributed by atoms with Crippen molar-refractivity contribution in [2.24, 2.45) is 4.99 Å². The Labute approximate surface area is 169 Å². The smallest absolute Gasteiger partial charge is 0.270 e. The van der Waals surface area contributed by atoms with E-state index in [1.807, 2.05) is 25.1 Å². The lowest BCUT2D eigenvalue weighted by molar-refractivity contribution is -0.385. The van der Waals surface area contributed by atoms with Crippen molar-refractivity contribution < 1.29 is 13.3 Å². The van der Waals surface area contributed by atoms with E-state index in [0.717, 1.165) is 24.7 Å². The van der Waals surface area contributed by atoms with Crippen molar-refractivity contribution in [3.05, 3.63) is 64.2 Å². The molecule has 10 heteroatoms. The average molecular weight is 417 g/mol. The molecule has 2 N–H and O–H groups in total. The summed E-state index contributed by atoms with van der Waals surface area (Å²) in [6.07, 6.45) is 0.931. The van der Waals surface area contributed by atoms with Gasteiger partial charge in [0.2, 0.25) is 10.0 Å². The maximum Gasteiger partial charge on any atom is 0.270 e. The predicted octanol–water partition coefficient (Wildman–Crippen LogP) is 1.90. The zero-order valence-corrected chi connectivity index (χ0v) is 16.9. The number of hydrogen-bond acceptors (Lipinski definition) is 5. The van der Waals surface area contributed by atoms with Crippen LogP contribution in [0.5, 0.6) is 0 Å². The van der Waals surface area contributed by atoms with Crippen LogP contribution in [0.15, 0.2) is 58.4 Å². The van der Waals surface area contributed by atoms with E-state index in [2.05, 4.69) is 26.0 Å². The van der Waals surface area contributed by atoms with Gasteiger partial charge in [0, 0.05) is 37.5 Å². The fourth-order valence-electron chi connectivity index (χ4n) is 3.14. The van der Waals surface area contributed by atoms with Gasteiger partial charge in [0.25, 0.3) is 5.69 Å². The SMILES string of the molecule is CCNC(=NCCNS(=O)(=O)c1cccc([N+](=O)[O-])c1)N1CCc2ccccc21. The molecule has 0 unspecified atom stereocenters. The molecule has 0 aliphatic carbocycles. The fourth-order valence-corrected chi connectivity index (χ4v) is 4.20. The average Bonchev–Trinajstić information content (AvgIpc) is 3.14. The first kappa shape index (κ1) is 20.7. The van der Waals surface area contributed by atoms with Crippen molar-refractivity contribution >= 4 is 27.4 Å². The second kappa shape index (κ2) is 9.01.